The topological polar surface area (TPSA) is 96.5 Å². The van der Waals surface area contributed by atoms with Crippen molar-refractivity contribution in [3.63, 3.8) is 0 Å². The molecule has 0 bridgehead atoms. The minimum Gasteiger partial charge on any atom is -0.461 e. The first-order valence-corrected chi connectivity index (χ1v) is 8.00. The van der Waals surface area contributed by atoms with Gasteiger partial charge in [-0.3, -0.25) is 0 Å². The number of hydrogen-bond acceptors (Lipinski definition) is 6. The van der Waals surface area contributed by atoms with Crippen LogP contribution in [0.2, 0.25) is 0 Å². The van der Waals surface area contributed by atoms with Crippen LogP contribution in [0.4, 0.5) is 0 Å². The SMILES string of the molecule is N[N+]12C=C(C#CC3(O)CCCCC3)N=CC1=NC(c1ccco1)=N2. The summed E-state index contributed by atoms with van der Waals surface area (Å²) in [4.78, 5) is 8.62. The van der Waals surface area contributed by atoms with Crippen LogP contribution in [0.1, 0.15) is 37.9 Å². The maximum Gasteiger partial charge on any atom is 0.300 e. The zero-order valence-corrected chi connectivity index (χ0v) is 13.1. The van der Waals surface area contributed by atoms with Gasteiger partial charge in [-0.2, -0.15) is 4.99 Å². The molecule has 1 saturated carbocycles. The van der Waals surface area contributed by atoms with Gasteiger partial charge in [-0.15, -0.1) is 5.84 Å². The lowest BCUT2D eigenvalue weighted by Crippen LogP contribution is -2.50. The molecule has 1 atom stereocenters. The van der Waals surface area contributed by atoms with Crippen molar-refractivity contribution in [3.8, 4) is 11.8 Å². The Bertz CT molecular complexity index is 832. The molecule has 1 aliphatic carbocycles. The maximum atomic E-state index is 10.5. The van der Waals surface area contributed by atoms with E-state index in [1.165, 1.54) is 0 Å². The fourth-order valence-electron chi connectivity index (χ4n) is 3.00. The second-order valence-electron chi connectivity index (χ2n) is 6.22. The largest absolute Gasteiger partial charge is 0.461 e. The van der Waals surface area contributed by atoms with Crippen molar-refractivity contribution in [1.82, 2.24) is 0 Å². The van der Waals surface area contributed by atoms with E-state index in [9.17, 15) is 5.11 Å². The monoisotopic (exact) mass is 324 g/mol. The fraction of sp³-hybridized carbons (Fsp3) is 0.353. The van der Waals surface area contributed by atoms with E-state index in [4.69, 9.17) is 10.3 Å². The molecule has 1 aromatic rings. The van der Waals surface area contributed by atoms with Crippen LogP contribution in [0, 0.1) is 11.8 Å². The maximum absolute atomic E-state index is 10.5. The van der Waals surface area contributed by atoms with Crippen LogP contribution in [0.15, 0.2) is 49.8 Å². The summed E-state index contributed by atoms with van der Waals surface area (Å²) in [5, 5.41) is 14.9. The predicted octanol–water partition coefficient (Wildman–Crippen LogP) is 1.67. The Morgan fingerprint density at radius 3 is 2.88 bits per heavy atom. The molecule has 0 saturated heterocycles. The van der Waals surface area contributed by atoms with Crippen molar-refractivity contribution in [2.75, 3.05) is 0 Å². The van der Waals surface area contributed by atoms with Gasteiger partial charge in [0, 0.05) is 0 Å². The summed E-state index contributed by atoms with van der Waals surface area (Å²) in [6, 6.07) is 3.54. The predicted molar refractivity (Wildman–Crippen MR) is 89.5 cm³/mol. The Balaban J connectivity index is 1.61. The molecule has 0 aromatic carbocycles. The van der Waals surface area contributed by atoms with Crippen LogP contribution < -0.4 is 5.84 Å². The molecule has 0 radical (unpaired) electrons. The number of amidine groups is 2. The summed E-state index contributed by atoms with van der Waals surface area (Å²) in [6.07, 6.45) is 9.28. The molecule has 0 amide bonds. The Labute approximate surface area is 139 Å². The normalized spacial score (nSPS) is 27.5. The minimum atomic E-state index is -0.921. The average molecular weight is 324 g/mol. The number of fused-ring (bicyclic) bond motifs is 1. The molecular formula is C17H18N5O2+. The van der Waals surface area contributed by atoms with Gasteiger partial charge in [-0.1, -0.05) is 12.3 Å². The Morgan fingerprint density at radius 2 is 2.12 bits per heavy atom. The van der Waals surface area contributed by atoms with E-state index < -0.39 is 5.60 Å². The summed E-state index contributed by atoms with van der Waals surface area (Å²) < 4.78 is 4.96. The molecule has 3 heterocycles. The number of aliphatic imine (C=N–C) groups is 2. The van der Waals surface area contributed by atoms with E-state index >= 15 is 0 Å². The van der Waals surface area contributed by atoms with E-state index in [2.05, 4.69) is 26.9 Å². The molecule has 1 fully saturated rings. The van der Waals surface area contributed by atoms with Crippen molar-refractivity contribution in [1.29, 1.82) is 0 Å². The quantitative estimate of drug-likeness (QED) is 0.467. The van der Waals surface area contributed by atoms with Crippen molar-refractivity contribution in [2.45, 2.75) is 37.7 Å². The molecule has 122 valence electrons. The van der Waals surface area contributed by atoms with E-state index in [1.807, 2.05) is 0 Å². The summed E-state index contributed by atoms with van der Waals surface area (Å²) in [5.41, 5.74) is -0.449. The number of furan rings is 1. The number of allylic oxidation sites excluding steroid dienone is 1. The Morgan fingerprint density at radius 1 is 1.29 bits per heavy atom. The van der Waals surface area contributed by atoms with Gasteiger partial charge >= 0.3 is 0 Å². The first-order valence-electron chi connectivity index (χ1n) is 8.00. The molecule has 0 spiro atoms. The number of hydrogen-bond donors (Lipinski definition) is 2. The third-order valence-corrected chi connectivity index (χ3v) is 4.33. The second kappa shape index (κ2) is 5.53. The lowest BCUT2D eigenvalue weighted by Gasteiger charge is -2.26. The van der Waals surface area contributed by atoms with E-state index in [0.29, 0.717) is 36.0 Å². The first-order chi connectivity index (χ1) is 11.6. The van der Waals surface area contributed by atoms with E-state index in [-0.39, 0.29) is 4.70 Å². The Hall–Kier alpha value is -2.53. The van der Waals surface area contributed by atoms with Gasteiger partial charge < -0.3 is 9.52 Å². The van der Waals surface area contributed by atoms with Crippen LogP contribution in [0.3, 0.4) is 0 Å². The van der Waals surface area contributed by atoms with Gasteiger partial charge in [0.15, 0.2) is 17.7 Å². The van der Waals surface area contributed by atoms with Crippen LogP contribution in [-0.2, 0) is 0 Å². The highest BCUT2D eigenvalue weighted by atomic mass is 16.3. The van der Waals surface area contributed by atoms with Crippen molar-refractivity contribution in [2.24, 2.45) is 20.9 Å². The van der Waals surface area contributed by atoms with Crippen LogP contribution in [-0.4, -0.2) is 33.3 Å². The third kappa shape index (κ3) is 2.71. The van der Waals surface area contributed by atoms with Crippen LogP contribution >= 0.6 is 0 Å². The number of aliphatic hydroxyl groups is 1. The Kier molecular flexibility index (Phi) is 3.46. The molecular weight excluding hydrogens is 306 g/mol. The highest BCUT2D eigenvalue weighted by molar-refractivity contribution is 6.31. The molecule has 24 heavy (non-hydrogen) atoms. The lowest BCUT2D eigenvalue weighted by atomic mass is 9.85. The van der Waals surface area contributed by atoms with Gasteiger partial charge in [0.1, 0.15) is 11.8 Å². The zero-order valence-electron chi connectivity index (χ0n) is 13.1. The minimum absolute atomic E-state index is 0.345. The second-order valence-corrected chi connectivity index (χ2v) is 6.22. The molecule has 1 unspecified atom stereocenters. The molecule has 1 aromatic heterocycles. The molecule has 7 heteroatoms. The molecule has 7 nitrogen and oxygen atoms in total. The number of nitrogens with zero attached hydrogens (tertiary/aromatic N) is 4. The summed E-state index contributed by atoms with van der Waals surface area (Å²) in [7, 11) is 0. The molecule has 3 N–H and O–H groups in total. The van der Waals surface area contributed by atoms with Crippen molar-refractivity contribution >= 4 is 17.9 Å². The summed E-state index contributed by atoms with van der Waals surface area (Å²) in [6.45, 7) is 0. The highest BCUT2D eigenvalue weighted by Gasteiger charge is 2.40. The zero-order chi connectivity index (χ0) is 16.6. The molecule has 3 aliphatic rings. The fourth-order valence-corrected chi connectivity index (χ4v) is 3.00. The smallest absolute Gasteiger partial charge is 0.300 e. The summed E-state index contributed by atoms with van der Waals surface area (Å²) >= 11 is 0. The van der Waals surface area contributed by atoms with Gasteiger partial charge in [0.25, 0.3) is 11.7 Å². The third-order valence-electron chi connectivity index (χ3n) is 4.33. The molecule has 4 rings (SSSR count). The number of quaternary nitrogens is 1. The lowest BCUT2D eigenvalue weighted by molar-refractivity contribution is -0.803. The van der Waals surface area contributed by atoms with Gasteiger partial charge in [0.05, 0.1) is 6.26 Å². The van der Waals surface area contributed by atoms with Crippen LogP contribution in [0.25, 0.3) is 0 Å². The first kappa shape index (κ1) is 15.0. The van der Waals surface area contributed by atoms with Crippen LogP contribution in [0.5, 0.6) is 0 Å². The number of nitrogens with two attached hydrogens (primary N) is 1. The van der Waals surface area contributed by atoms with E-state index in [1.54, 1.807) is 30.8 Å². The standard InChI is InChI=1S/C17H18N5O2/c18-22-12-13(6-9-17(23)7-2-1-3-8-17)19-11-15(22)20-16(21-22)14-5-4-10-24-14/h4-5,10-12,23H,1-3,7-8,18H2/q+1. The van der Waals surface area contributed by atoms with Gasteiger partial charge in [0.2, 0.25) is 0 Å². The van der Waals surface area contributed by atoms with Crippen molar-refractivity contribution in [3.05, 3.63) is 36.1 Å². The highest BCUT2D eigenvalue weighted by Crippen LogP contribution is 2.27. The molecule has 2 aliphatic heterocycles. The number of rotatable bonds is 1. The summed E-state index contributed by atoms with van der Waals surface area (Å²) in [5.74, 6) is 13.6. The average Bonchev–Trinajstić information content (AvgIpc) is 3.20. The van der Waals surface area contributed by atoms with Gasteiger partial charge in [-0.25, -0.2) is 4.99 Å². The van der Waals surface area contributed by atoms with E-state index in [0.717, 1.165) is 19.3 Å². The van der Waals surface area contributed by atoms with Gasteiger partial charge in [-0.05, 0) is 53.5 Å². The van der Waals surface area contributed by atoms with Crippen molar-refractivity contribution < 1.29 is 14.2 Å².